The molecule has 1 atom stereocenters. The first-order valence-corrected chi connectivity index (χ1v) is 12.0. The normalized spacial score (nSPS) is 18.9. The molecule has 0 bridgehead atoms. The van der Waals surface area contributed by atoms with Gasteiger partial charge in [0.15, 0.2) is 5.78 Å². The molecule has 2 aromatic rings. The molecule has 0 radical (unpaired) electrons. The van der Waals surface area contributed by atoms with Gasteiger partial charge in [-0.05, 0) is 44.6 Å². The molecule has 0 amide bonds. The van der Waals surface area contributed by atoms with E-state index >= 15 is 0 Å². The maximum atomic E-state index is 13.2. The number of rotatable bonds is 6. The van der Waals surface area contributed by atoms with Crippen molar-refractivity contribution in [2.45, 2.75) is 39.2 Å². The Morgan fingerprint density at radius 2 is 2.00 bits per heavy atom. The highest BCUT2D eigenvalue weighted by molar-refractivity contribution is 9.10. The Labute approximate surface area is 216 Å². The average molecular weight is 557 g/mol. The van der Waals surface area contributed by atoms with Crippen LogP contribution in [0.2, 0.25) is 0 Å². The number of methoxy groups -OCH3 is 1. The monoisotopic (exact) mass is 556 g/mol. The van der Waals surface area contributed by atoms with Gasteiger partial charge in [0.1, 0.15) is 23.7 Å². The molecule has 2 aliphatic rings. The number of nitrogens with zero attached hydrogens (tertiary/aromatic N) is 1. The van der Waals surface area contributed by atoms with Gasteiger partial charge >= 0.3 is 5.97 Å². The van der Waals surface area contributed by atoms with E-state index in [0.29, 0.717) is 45.5 Å². The van der Waals surface area contributed by atoms with E-state index in [1.807, 2.05) is 13.8 Å². The Morgan fingerprint density at radius 3 is 2.67 bits per heavy atom. The number of carbonyl (C=O) groups is 2. The first-order chi connectivity index (χ1) is 17.0. The van der Waals surface area contributed by atoms with Crippen molar-refractivity contribution >= 4 is 33.4 Å². The number of ether oxygens (including phenoxy) is 3. The summed E-state index contributed by atoms with van der Waals surface area (Å²) in [5, 5.41) is 11.0. The van der Waals surface area contributed by atoms with Gasteiger partial charge in [-0.1, -0.05) is 32.0 Å². The lowest BCUT2D eigenvalue weighted by molar-refractivity contribution is -0.384. The van der Waals surface area contributed by atoms with Crippen molar-refractivity contribution in [2.24, 2.45) is 11.1 Å². The Hall–Kier alpha value is -3.66. The number of nitrogens with two attached hydrogens (primary N) is 1. The van der Waals surface area contributed by atoms with Crippen molar-refractivity contribution < 1.29 is 28.7 Å². The van der Waals surface area contributed by atoms with E-state index in [1.165, 1.54) is 19.2 Å². The quantitative estimate of drug-likeness (QED) is 0.297. The summed E-state index contributed by atoms with van der Waals surface area (Å²) in [5.41, 5.74) is 7.60. The maximum absolute atomic E-state index is 13.2. The van der Waals surface area contributed by atoms with Crippen LogP contribution in [0.5, 0.6) is 5.75 Å². The number of esters is 1. The van der Waals surface area contributed by atoms with E-state index in [9.17, 15) is 19.7 Å². The summed E-state index contributed by atoms with van der Waals surface area (Å²) in [6.45, 7) is 4.07. The van der Waals surface area contributed by atoms with Crippen molar-refractivity contribution in [3.8, 4) is 5.75 Å². The van der Waals surface area contributed by atoms with Gasteiger partial charge < -0.3 is 19.9 Å². The number of ketones is 1. The Balaban J connectivity index is 1.68. The highest BCUT2D eigenvalue weighted by atomic mass is 79.9. The molecule has 0 saturated heterocycles. The molecule has 0 aromatic heterocycles. The molecule has 36 heavy (non-hydrogen) atoms. The summed E-state index contributed by atoms with van der Waals surface area (Å²) >= 11 is 3.51. The number of non-ortho nitro benzene ring substituents is 1. The maximum Gasteiger partial charge on any atom is 0.340 e. The SMILES string of the molecule is COC(=O)C1=C(N)OC2=C(C(=O)CC(C)(C)C2)C1c1ccc(OCc2cccc([N+](=O)[O-])c2)c(Br)c1. The third-order valence-electron chi connectivity index (χ3n) is 6.17. The molecule has 0 spiro atoms. The Bertz CT molecular complexity index is 1330. The molecule has 2 aromatic carbocycles. The topological polar surface area (TPSA) is 131 Å². The van der Waals surface area contributed by atoms with Crippen LogP contribution in [0, 0.1) is 15.5 Å². The van der Waals surface area contributed by atoms with E-state index in [2.05, 4.69) is 15.9 Å². The second-order valence-electron chi connectivity index (χ2n) is 9.49. The molecule has 4 rings (SSSR count). The van der Waals surface area contributed by atoms with Gasteiger partial charge in [-0.2, -0.15) is 0 Å². The van der Waals surface area contributed by atoms with Crippen LogP contribution in [-0.2, 0) is 25.7 Å². The average Bonchev–Trinajstić information content (AvgIpc) is 2.81. The first-order valence-electron chi connectivity index (χ1n) is 11.2. The molecule has 0 fully saturated rings. The number of allylic oxidation sites excluding steroid dienone is 2. The lowest BCUT2D eigenvalue weighted by Gasteiger charge is -2.37. The van der Waals surface area contributed by atoms with Gasteiger partial charge in [0.25, 0.3) is 5.69 Å². The van der Waals surface area contributed by atoms with E-state index in [-0.39, 0.29) is 34.9 Å². The molecular weight excluding hydrogens is 532 g/mol. The van der Waals surface area contributed by atoms with Crippen LogP contribution in [0.15, 0.2) is 69.7 Å². The number of nitro groups is 1. The van der Waals surface area contributed by atoms with Crippen molar-refractivity contribution in [1.29, 1.82) is 0 Å². The van der Waals surface area contributed by atoms with Gasteiger partial charge in [-0.25, -0.2) is 4.79 Å². The third-order valence-corrected chi connectivity index (χ3v) is 6.79. The van der Waals surface area contributed by atoms with Crippen LogP contribution in [0.3, 0.4) is 0 Å². The summed E-state index contributed by atoms with van der Waals surface area (Å²) in [6, 6.07) is 11.4. The Morgan fingerprint density at radius 1 is 1.25 bits per heavy atom. The van der Waals surface area contributed by atoms with Crippen LogP contribution in [0.25, 0.3) is 0 Å². The number of hydrogen-bond donors (Lipinski definition) is 1. The Kier molecular flexibility index (Phi) is 6.90. The van der Waals surface area contributed by atoms with Crippen molar-refractivity contribution in [3.63, 3.8) is 0 Å². The molecule has 1 unspecified atom stereocenters. The van der Waals surface area contributed by atoms with Crippen LogP contribution >= 0.6 is 15.9 Å². The molecule has 1 heterocycles. The van der Waals surface area contributed by atoms with Gasteiger partial charge in [0.05, 0.1) is 22.4 Å². The lowest BCUT2D eigenvalue weighted by atomic mass is 9.70. The van der Waals surface area contributed by atoms with E-state index in [0.717, 1.165) is 0 Å². The number of hydrogen-bond acceptors (Lipinski definition) is 8. The number of benzene rings is 2. The van der Waals surface area contributed by atoms with E-state index in [1.54, 1.807) is 30.3 Å². The van der Waals surface area contributed by atoms with Crippen molar-refractivity contribution in [3.05, 3.63) is 91.0 Å². The lowest BCUT2D eigenvalue weighted by Crippen LogP contribution is -2.35. The van der Waals surface area contributed by atoms with Gasteiger partial charge in [-0.15, -0.1) is 0 Å². The molecule has 0 saturated carbocycles. The second-order valence-corrected chi connectivity index (χ2v) is 10.3. The highest BCUT2D eigenvalue weighted by Crippen LogP contribution is 2.49. The zero-order valence-corrected chi connectivity index (χ0v) is 21.6. The standard InChI is InChI=1S/C26H25BrN2O7/c1-26(2)11-18(30)22-20(12-26)36-24(28)23(25(31)34-3)21(22)15-7-8-19(17(27)10-15)35-13-14-5-4-6-16(9-14)29(32)33/h4-10,21H,11-13,28H2,1-3H3. The van der Waals surface area contributed by atoms with Crippen LogP contribution in [0.1, 0.15) is 43.7 Å². The number of halogens is 1. The summed E-state index contributed by atoms with van der Waals surface area (Å²) in [4.78, 5) is 36.5. The van der Waals surface area contributed by atoms with Crippen LogP contribution in [-0.4, -0.2) is 23.8 Å². The number of nitro benzene ring substituents is 1. The zero-order valence-electron chi connectivity index (χ0n) is 20.0. The minimum absolute atomic E-state index is 0.0193. The molecule has 10 heteroatoms. The van der Waals surface area contributed by atoms with Crippen molar-refractivity contribution in [2.75, 3.05) is 7.11 Å². The fourth-order valence-electron chi connectivity index (χ4n) is 4.56. The fourth-order valence-corrected chi connectivity index (χ4v) is 5.07. The minimum Gasteiger partial charge on any atom is -0.488 e. The largest absolute Gasteiger partial charge is 0.488 e. The molecule has 1 aliphatic carbocycles. The first kappa shape index (κ1) is 25.4. The second kappa shape index (κ2) is 9.77. The summed E-state index contributed by atoms with van der Waals surface area (Å²) < 4.78 is 17.2. The van der Waals surface area contributed by atoms with E-state index in [4.69, 9.17) is 19.9 Å². The van der Waals surface area contributed by atoms with Gasteiger partial charge in [-0.3, -0.25) is 14.9 Å². The van der Waals surface area contributed by atoms with Crippen LogP contribution in [0.4, 0.5) is 5.69 Å². The van der Waals surface area contributed by atoms with Crippen LogP contribution < -0.4 is 10.5 Å². The van der Waals surface area contributed by atoms with Gasteiger partial charge in [0.2, 0.25) is 5.88 Å². The van der Waals surface area contributed by atoms with E-state index < -0.39 is 16.8 Å². The molecule has 188 valence electrons. The molecule has 9 nitrogen and oxygen atoms in total. The predicted molar refractivity (Wildman–Crippen MR) is 134 cm³/mol. The summed E-state index contributed by atoms with van der Waals surface area (Å²) in [6.07, 6.45) is 0.816. The number of Topliss-reactive ketones (excluding diaryl/α,β-unsaturated/α-hetero) is 1. The molecule has 2 N–H and O–H groups in total. The highest BCUT2D eigenvalue weighted by Gasteiger charge is 2.45. The zero-order chi connectivity index (χ0) is 26.2. The van der Waals surface area contributed by atoms with Crippen molar-refractivity contribution in [1.82, 2.24) is 0 Å². The smallest absolute Gasteiger partial charge is 0.340 e. The predicted octanol–water partition coefficient (Wildman–Crippen LogP) is 5.04. The third kappa shape index (κ3) is 4.99. The summed E-state index contributed by atoms with van der Waals surface area (Å²) in [5.74, 6) is -0.677. The fraction of sp³-hybridized carbons (Fsp3) is 0.308. The minimum atomic E-state index is -0.757. The number of carbonyl (C=O) groups excluding carboxylic acids is 2. The summed E-state index contributed by atoms with van der Waals surface area (Å²) in [7, 11) is 1.25. The molecule has 1 aliphatic heterocycles. The molecular formula is C26H25BrN2O7. The van der Waals surface area contributed by atoms with Gasteiger partial charge in [0, 0.05) is 30.5 Å².